The topological polar surface area (TPSA) is 78.1 Å². The summed E-state index contributed by atoms with van der Waals surface area (Å²) in [7, 11) is 0. The van der Waals surface area contributed by atoms with E-state index >= 15 is 0 Å². The maximum absolute atomic E-state index is 12.6. The van der Waals surface area contributed by atoms with Crippen LogP contribution in [0.4, 0.5) is 19.0 Å². The number of pyridine rings is 2. The Morgan fingerprint density at radius 1 is 1.27 bits per heavy atom. The molecule has 0 saturated carbocycles. The molecule has 2 aromatic heterocycles. The van der Waals surface area contributed by atoms with Gasteiger partial charge in [0.25, 0.3) is 5.91 Å². The lowest BCUT2D eigenvalue weighted by molar-refractivity contribution is -0.137. The zero-order valence-corrected chi connectivity index (χ0v) is 13.7. The predicted octanol–water partition coefficient (Wildman–Crippen LogP) is 2.19. The molecule has 1 aliphatic heterocycles. The molecule has 3 heterocycles. The minimum Gasteiger partial charge on any atom is -0.355 e. The lowest BCUT2D eigenvalue weighted by Gasteiger charge is -2.34. The van der Waals surface area contributed by atoms with Gasteiger partial charge < -0.3 is 15.2 Å². The minimum absolute atomic E-state index is 0.160. The quantitative estimate of drug-likeness (QED) is 0.873. The number of alkyl halides is 3. The first-order valence-electron chi connectivity index (χ1n) is 8.11. The Morgan fingerprint density at radius 3 is 2.69 bits per heavy atom. The molecular weight excluding hydrogens is 349 g/mol. The number of carbonyl (C=O) groups is 1. The molecule has 26 heavy (non-hydrogen) atoms. The highest BCUT2D eigenvalue weighted by Gasteiger charge is 2.31. The average Bonchev–Trinajstić information content (AvgIpc) is 2.62. The minimum atomic E-state index is -4.42. The van der Waals surface area contributed by atoms with Crippen LogP contribution in [0.1, 0.15) is 28.8 Å². The second-order valence-corrected chi connectivity index (χ2v) is 6.10. The first-order valence-corrected chi connectivity index (χ1v) is 8.11. The number of aromatic amines is 1. The van der Waals surface area contributed by atoms with Crippen molar-refractivity contribution in [3.63, 3.8) is 0 Å². The van der Waals surface area contributed by atoms with Crippen molar-refractivity contribution in [3.8, 4) is 0 Å². The highest BCUT2D eigenvalue weighted by Crippen LogP contribution is 2.29. The molecule has 1 aliphatic rings. The van der Waals surface area contributed by atoms with Gasteiger partial charge in [0.2, 0.25) is 5.56 Å². The Morgan fingerprint density at radius 2 is 2.08 bits per heavy atom. The van der Waals surface area contributed by atoms with E-state index in [1.54, 1.807) is 0 Å². The molecule has 1 atom stereocenters. The number of amides is 1. The van der Waals surface area contributed by atoms with Gasteiger partial charge in [0.1, 0.15) is 5.82 Å². The molecule has 1 amide bonds. The maximum atomic E-state index is 12.6. The number of carbonyl (C=O) groups excluding carboxylic acids is 1. The first-order chi connectivity index (χ1) is 12.3. The zero-order chi connectivity index (χ0) is 18.7. The van der Waals surface area contributed by atoms with Crippen molar-refractivity contribution < 1.29 is 18.0 Å². The van der Waals surface area contributed by atoms with Gasteiger partial charge in [-0.1, -0.05) is 0 Å². The third-order valence-electron chi connectivity index (χ3n) is 4.20. The lowest BCUT2D eigenvalue weighted by atomic mass is 10.0. The van der Waals surface area contributed by atoms with Crippen molar-refractivity contribution >= 4 is 11.7 Å². The number of hydrogen-bond acceptors (Lipinski definition) is 4. The largest absolute Gasteiger partial charge is 0.417 e. The van der Waals surface area contributed by atoms with Gasteiger partial charge >= 0.3 is 6.18 Å². The molecule has 0 aliphatic carbocycles. The summed E-state index contributed by atoms with van der Waals surface area (Å²) >= 11 is 0. The normalized spacial score (nSPS) is 17.8. The Labute approximate surface area is 147 Å². The number of aromatic nitrogens is 2. The van der Waals surface area contributed by atoms with Crippen molar-refractivity contribution in [1.29, 1.82) is 0 Å². The number of piperidine rings is 1. The molecule has 0 aromatic carbocycles. The summed E-state index contributed by atoms with van der Waals surface area (Å²) in [4.78, 5) is 31.5. The van der Waals surface area contributed by atoms with Gasteiger partial charge in [-0.3, -0.25) is 9.59 Å². The van der Waals surface area contributed by atoms with Crippen molar-refractivity contribution in [1.82, 2.24) is 15.3 Å². The van der Waals surface area contributed by atoms with Crippen molar-refractivity contribution in [2.45, 2.75) is 25.1 Å². The molecule has 2 aromatic rings. The second-order valence-electron chi connectivity index (χ2n) is 6.10. The molecule has 0 spiro atoms. The van der Waals surface area contributed by atoms with Gasteiger partial charge in [0, 0.05) is 37.6 Å². The van der Waals surface area contributed by atoms with Gasteiger partial charge in [-0.05, 0) is 31.0 Å². The Kier molecular flexibility index (Phi) is 4.97. The fraction of sp³-hybridized carbons (Fsp3) is 0.353. The summed E-state index contributed by atoms with van der Waals surface area (Å²) in [6, 6.07) is 4.90. The van der Waals surface area contributed by atoms with E-state index in [0.29, 0.717) is 24.5 Å². The zero-order valence-electron chi connectivity index (χ0n) is 13.7. The molecular formula is C17H17F3N4O2. The molecule has 9 heteroatoms. The second kappa shape index (κ2) is 7.19. The molecule has 138 valence electrons. The summed E-state index contributed by atoms with van der Waals surface area (Å²) in [5.41, 5.74) is -0.741. The number of H-pyrrole nitrogens is 1. The number of rotatable bonds is 3. The molecule has 0 unspecified atom stereocenters. The Balaban J connectivity index is 1.64. The van der Waals surface area contributed by atoms with Crippen LogP contribution in [0.2, 0.25) is 0 Å². The Bertz CT molecular complexity index is 813. The number of nitrogens with zero attached hydrogens (tertiary/aromatic N) is 2. The standard InChI is InChI=1S/C17H17F3N4O2/c18-17(19,20)12-4-5-14(21-9-12)24-7-1-2-13(10-24)23-16(26)11-3-6-15(25)22-8-11/h3-6,8-9,13H,1-2,7,10H2,(H,22,25)(H,23,26)/t13-/m0/s1. The number of anilines is 1. The monoisotopic (exact) mass is 366 g/mol. The van der Waals surface area contributed by atoms with Gasteiger partial charge in [-0.25, -0.2) is 4.98 Å². The average molecular weight is 366 g/mol. The van der Waals surface area contributed by atoms with Crippen LogP contribution in [0.25, 0.3) is 0 Å². The number of halogens is 3. The van der Waals surface area contributed by atoms with E-state index in [4.69, 9.17) is 0 Å². The van der Waals surface area contributed by atoms with Crippen LogP contribution in [-0.4, -0.2) is 35.0 Å². The summed E-state index contributed by atoms with van der Waals surface area (Å²) in [6.07, 6.45) is -0.723. The Hall–Kier alpha value is -2.84. The molecule has 6 nitrogen and oxygen atoms in total. The van der Waals surface area contributed by atoms with E-state index in [9.17, 15) is 22.8 Å². The number of nitrogens with one attached hydrogen (secondary N) is 2. The first kappa shape index (κ1) is 18.0. The third kappa shape index (κ3) is 4.22. The SMILES string of the molecule is O=C(N[C@H]1CCCN(c2ccc(C(F)(F)F)cn2)C1)c1ccc(=O)[nH]c1. The third-order valence-corrected chi connectivity index (χ3v) is 4.20. The molecule has 1 saturated heterocycles. The van der Waals surface area contributed by atoms with Crippen LogP contribution in [0, 0.1) is 0 Å². The van der Waals surface area contributed by atoms with Gasteiger partial charge in [0.05, 0.1) is 11.1 Å². The fourth-order valence-corrected chi connectivity index (χ4v) is 2.86. The molecule has 1 fully saturated rings. The van der Waals surface area contributed by atoms with Crippen molar-refractivity contribution in [3.05, 3.63) is 58.1 Å². The summed E-state index contributed by atoms with van der Waals surface area (Å²) < 4.78 is 37.9. The molecule has 2 N–H and O–H groups in total. The lowest BCUT2D eigenvalue weighted by Crippen LogP contribution is -2.48. The summed E-state index contributed by atoms with van der Waals surface area (Å²) in [5, 5.41) is 2.88. The smallest absolute Gasteiger partial charge is 0.355 e. The molecule has 3 rings (SSSR count). The van der Waals surface area contributed by atoms with Crippen molar-refractivity contribution in [2.24, 2.45) is 0 Å². The fourth-order valence-electron chi connectivity index (χ4n) is 2.86. The highest BCUT2D eigenvalue weighted by atomic mass is 19.4. The highest BCUT2D eigenvalue weighted by molar-refractivity contribution is 5.94. The molecule has 0 radical (unpaired) electrons. The van der Waals surface area contributed by atoms with Gasteiger partial charge in [-0.2, -0.15) is 13.2 Å². The van der Waals surface area contributed by atoms with E-state index in [-0.39, 0.29) is 17.5 Å². The van der Waals surface area contributed by atoms with E-state index in [0.717, 1.165) is 25.1 Å². The van der Waals surface area contributed by atoms with Gasteiger partial charge in [-0.15, -0.1) is 0 Å². The molecule has 0 bridgehead atoms. The van der Waals surface area contributed by atoms with Crippen LogP contribution in [0.5, 0.6) is 0 Å². The number of hydrogen-bond donors (Lipinski definition) is 2. The van der Waals surface area contributed by atoms with Crippen LogP contribution < -0.4 is 15.8 Å². The predicted molar refractivity (Wildman–Crippen MR) is 89.0 cm³/mol. The van der Waals surface area contributed by atoms with Crippen LogP contribution in [0.15, 0.2) is 41.5 Å². The van der Waals surface area contributed by atoms with E-state index in [1.807, 2.05) is 4.90 Å². The van der Waals surface area contributed by atoms with E-state index < -0.39 is 11.7 Å². The van der Waals surface area contributed by atoms with Crippen LogP contribution in [0.3, 0.4) is 0 Å². The van der Waals surface area contributed by atoms with Gasteiger partial charge in [0.15, 0.2) is 0 Å². The van der Waals surface area contributed by atoms with Crippen LogP contribution in [-0.2, 0) is 6.18 Å². The summed E-state index contributed by atoms with van der Waals surface area (Å²) in [6.45, 7) is 1.11. The van der Waals surface area contributed by atoms with E-state index in [1.165, 1.54) is 24.4 Å². The van der Waals surface area contributed by atoms with Crippen LogP contribution >= 0.6 is 0 Å². The van der Waals surface area contributed by atoms with E-state index in [2.05, 4.69) is 15.3 Å². The summed E-state index contributed by atoms with van der Waals surface area (Å²) in [5.74, 6) is 0.134. The maximum Gasteiger partial charge on any atom is 0.417 e. The van der Waals surface area contributed by atoms with Crippen molar-refractivity contribution in [2.75, 3.05) is 18.0 Å².